The molecule has 1 unspecified atom stereocenters. The molecule has 4 heteroatoms. The van der Waals surface area contributed by atoms with Crippen molar-refractivity contribution in [1.29, 1.82) is 0 Å². The summed E-state index contributed by atoms with van der Waals surface area (Å²) in [6, 6.07) is 0. The Morgan fingerprint density at radius 2 is 2.00 bits per heavy atom. The number of hydrogen-bond donors (Lipinski definition) is 2. The summed E-state index contributed by atoms with van der Waals surface area (Å²) in [5.74, 6) is 0.381. The van der Waals surface area contributed by atoms with Gasteiger partial charge in [0.1, 0.15) is 5.75 Å². The van der Waals surface area contributed by atoms with Crippen LogP contribution in [0.25, 0.3) is 0 Å². The first kappa shape index (κ1) is 13.4. The van der Waals surface area contributed by atoms with Crippen LogP contribution >= 0.6 is 15.9 Å². The van der Waals surface area contributed by atoms with E-state index in [1.54, 1.807) is 0 Å². The first-order chi connectivity index (χ1) is 9.20. The van der Waals surface area contributed by atoms with E-state index in [0.717, 1.165) is 36.0 Å². The summed E-state index contributed by atoms with van der Waals surface area (Å²) >= 11 is 3.59. The Labute approximate surface area is 122 Å². The zero-order valence-electron chi connectivity index (χ0n) is 11.3. The van der Waals surface area contributed by atoms with Crippen molar-refractivity contribution in [1.82, 2.24) is 5.32 Å². The van der Waals surface area contributed by atoms with Gasteiger partial charge >= 0.3 is 0 Å². The number of morpholine rings is 1. The molecule has 0 radical (unpaired) electrons. The average Bonchev–Trinajstić information content (AvgIpc) is 2.46. The molecule has 0 spiro atoms. The van der Waals surface area contributed by atoms with Gasteiger partial charge in [-0.1, -0.05) is 0 Å². The fourth-order valence-electron chi connectivity index (χ4n) is 3.31. The minimum atomic E-state index is -0.0303. The summed E-state index contributed by atoms with van der Waals surface area (Å²) in [4.78, 5) is 0. The largest absolute Gasteiger partial charge is 0.506 e. The Hall–Kier alpha value is -0.580. The van der Waals surface area contributed by atoms with Gasteiger partial charge < -0.3 is 15.2 Å². The van der Waals surface area contributed by atoms with Crippen LogP contribution in [0.3, 0.4) is 0 Å². The molecule has 1 aromatic carbocycles. The molecule has 0 saturated carbocycles. The number of halogens is 1. The van der Waals surface area contributed by atoms with E-state index in [1.807, 2.05) is 0 Å². The highest BCUT2D eigenvalue weighted by Crippen LogP contribution is 2.43. The van der Waals surface area contributed by atoms with E-state index < -0.39 is 0 Å². The lowest BCUT2D eigenvalue weighted by atomic mass is 9.84. The molecule has 1 aliphatic carbocycles. The van der Waals surface area contributed by atoms with Gasteiger partial charge in [-0.2, -0.15) is 0 Å². The van der Waals surface area contributed by atoms with E-state index in [2.05, 4.69) is 28.2 Å². The lowest BCUT2D eigenvalue weighted by Gasteiger charge is -2.30. The highest BCUT2D eigenvalue weighted by atomic mass is 79.9. The number of fused-ring (bicyclic) bond motifs is 1. The molecule has 2 aliphatic rings. The van der Waals surface area contributed by atoms with Crippen molar-refractivity contribution >= 4 is 15.9 Å². The van der Waals surface area contributed by atoms with Gasteiger partial charge in [0, 0.05) is 18.7 Å². The van der Waals surface area contributed by atoms with Crippen molar-refractivity contribution in [3.63, 3.8) is 0 Å². The van der Waals surface area contributed by atoms with E-state index in [-0.39, 0.29) is 6.10 Å². The summed E-state index contributed by atoms with van der Waals surface area (Å²) in [5.41, 5.74) is 4.91. The fraction of sp³-hybridized carbons (Fsp3) is 0.600. The van der Waals surface area contributed by atoms with Crippen LogP contribution < -0.4 is 5.32 Å². The third kappa shape index (κ3) is 2.30. The molecule has 0 aromatic heterocycles. The minimum Gasteiger partial charge on any atom is -0.506 e. The molecule has 1 aliphatic heterocycles. The second kappa shape index (κ2) is 5.43. The number of rotatable bonds is 1. The standard InChI is InChI=1S/C15H20BrNO2/c1-9-10-4-2-3-5-11(10)14(16)15(18)13(9)12-8-17-6-7-19-12/h12,17-18H,2-8H2,1H3. The van der Waals surface area contributed by atoms with Crippen molar-refractivity contribution in [3.8, 4) is 5.75 Å². The Balaban J connectivity index is 2.10. The maximum Gasteiger partial charge on any atom is 0.136 e. The molecule has 104 valence electrons. The van der Waals surface area contributed by atoms with Gasteiger partial charge in [-0.25, -0.2) is 0 Å². The number of benzene rings is 1. The number of nitrogens with one attached hydrogen (secondary N) is 1. The third-order valence-corrected chi connectivity index (χ3v) is 5.16. The molecule has 2 N–H and O–H groups in total. The molecule has 1 aromatic rings. The Bertz CT molecular complexity index is 496. The summed E-state index contributed by atoms with van der Waals surface area (Å²) in [6.07, 6.45) is 4.61. The highest BCUT2D eigenvalue weighted by Gasteiger charge is 2.27. The zero-order valence-corrected chi connectivity index (χ0v) is 12.8. The fourth-order valence-corrected chi connectivity index (χ4v) is 3.96. The quantitative estimate of drug-likeness (QED) is 0.834. The normalized spacial score (nSPS) is 23.2. The van der Waals surface area contributed by atoms with E-state index in [9.17, 15) is 5.11 Å². The minimum absolute atomic E-state index is 0.0303. The van der Waals surface area contributed by atoms with Crippen LogP contribution in [0.2, 0.25) is 0 Å². The van der Waals surface area contributed by atoms with Crippen LogP contribution in [0.15, 0.2) is 4.47 Å². The van der Waals surface area contributed by atoms with Gasteiger partial charge in [-0.3, -0.25) is 0 Å². The molecular weight excluding hydrogens is 306 g/mol. The monoisotopic (exact) mass is 325 g/mol. The van der Waals surface area contributed by atoms with Gasteiger partial charge in [-0.15, -0.1) is 0 Å². The Kier molecular flexibility index (Phi) is 3.83. The first-order valence-electron chi connectivity index (χ1n) is 7.05. The number of phenols is 1. The van der Waals surface area contributed by atoms with Crippen molar-refractivity contribution < 1.29 is 9.84 Å². The van der Waals surface area contributed by atoms with Gasteiger partial charge in [-0.05, 0) is 65.2 Å². The molecule has 1 fully saturated rings. The predicted octanol–water partition coefficient (Wildman–Crippen LogP) is 3.00. The molecule has 1 saturated heterocycles. The van der Waals surface area contributed by atoms with Crippen LogP contribution in [-0.2, 0) is 17.6 Å². The van der Waals surface area contributed by atoms with Gasteiger partial charge in [0.2, 0.25) is 0 Å². The van der Waals surface area contributed by atoms with Gasteiger partial charge in [0.15, 0.2) is 0 Å². The highest BCUT2D eigenvalue weighted by molar-refractivity contribution is 9.10. The smallest absolute Gasteiger partial charge is 0.136 e. The van der Waals surface area contributed by atoms with Crippen molar-refractivity contribution in [2.24, 2.45) is 0 Å². The zero-order chi connectivity index (χ0) is 13.4. The van der Waals surface area contributed by atoms with Crippen LogP contribution in [0.5, 0.6) is 5.75 Å². The van der Waals surface area contributed by atoms with Crippen LogP contribution in [0.1, 0.15) is 41.2 Å². The molecular formula is C15H20BrNO2. The third-order valence-electron chi connectivity index (χ3n) is 4.30. The second-order valence-electron chi connectivity index (χ2n) is 5.43. The van der Waals surface area contributed by atoms with Crippen LogP contribution in [0.4, 0.5) is 0 Å². The summed E-state index contributed by atoms with van der Waals surface area (Å²) in [7, 11) is 0. The Morgan fingerprint density at radius 1 is 1.26 bits per heavy atom. The molecule has 3 rings (SSSR count). The van der Waals surface area contributed by atoms with E-state index in [1.165, 1.54) is 29.5 Å². The Morgan fingerprint density at radius 3 is 2.68 bits per heavy atom. The predicted molar refractivity (Wildman–Crippen MR) is 78.7 cm³/mol. The topological polar surface area (TPSA) is 41.5 Å². The molecule has 19 heavy (non-hydrogen) atoms. The SMILES string of the molecule is Cc1c2c(c(Br)c(O)c1C1CNCCO1)CCCC2. The van der Waals surface area contributed by atoms with Crippen LogP contribution in [0, 0.1) is 6.92 Å². The molecule has 0 bridgehead atoms. The number of ether oxygens (including phenoxy) is 1. The molecule has 1 heterocycles. The summed E-state index contributed by atoms with van der Waals surface area (Å²) in [5, 5.41) is 13.9. The molecule has 1 atom stereocenters. The average molecular weight is 326 g/mol. The van der Waals surface area contributed by atoms with Crippen molar-refractivity contribution in [2.75, 3.05) is 19.7 Å². The second-order valence-corrected chi connectivity index (χ2v) is 6.22. The van der Waals surface area contributed by atoms with Crippen LogP contribution in [-0.4, -0.2) is 24.8 Å². The number of aromatic hydroxyl groups is 1. The maximum absolute atomic E-state index is 10.5. The van der Waals surface area contributed by atoms with E-state index in [4.69, 9.17) is 4.74 Å². The van der Waals surface area contributed by atoms with Gasteiger partial charge in [0.05, 0.1) is 17.2 Å². The van der Waals surface area contributed by atoms with Gasteiger partial charge in [0.25, 0.3) is 0 Å². The van der Waals surface area contributed by atoms with Crippen molar-refractivity contribution in [3.05, 3.63) is 26.7 Å². The maximum atomic E-state index is 10.5. The summed E-state index contributed by atoms with van der Waals surface area (Å²) < 4.78 is 6.71. The molecule has 3 nitrogen and oxygen atoms in total. The van der Waals surface area contributed by atoms with Crippen molar-refractivity contribution in [2.45, 2.75) is 38.7 Å². The van der Waals surface area contributed by atoms with E-state index >= 15 is 0 Å². The number of hydrogen-bond acceptors (Lipinski definition) is 3. The number of phenolic OH excluding ortho intramolecular Hbond substituents is 1. The lowest BCUT2D eigenvalue weighted by molar-refractivity contribution is 0.0258. The summed E-state index contributed by atoms with van der Waals surface area (Å²) in [6.45, 7) is 4.50. The van der Waals surface area contributed by atoms with E-state index in [0.29, 0.717) is 12.4 Å². The first-order valence-corrected chi connectivity index (χ1v) is 7.84. The molecule has 0 amide bonds. The lowest BCUT2D eigenvalue weighted by Crippen LogP contribution is -2.34.